The van der Waals surface area contributed by atoms with Gasteiger partial charge >= 0.3 is 12.1 Å². The summed E-state index contributed by atoms with van der Waals surface area (Å²) in [6.07, 6.45) is 5.52. The highest BCUT2D eigenvalue weighted by atomic mass is 32.1. The third kappa shape index (κ3) is 15.3. The van der Waals surface area contributed by atoms with Gasteiger partial charge in [-0.25, -0.2) is 19.6 Å². The zero-order valence-corrected chi connectivity index (χ0v) is 38.3. The number of aromatic nitrogens is 3. The second-order valence-electron chi connectivity index (χ2n) is 17.0. The van der Waals surface area contributed by atoms with Crippen LogP contribution in [0.3, 0.4) is 0 Å². The van der Waals surface area contributed by atoms with Crippen LogP contribution < -0.4 is 41.6 Å². The molecule has 0 saturated carbocycles. The number of amides is 4. The largest absolute Gasteiger partial charge is 0.488 e. The molecule has 5 N–H and O–H groups in total. The van der Waals surface area contributed by atoms with E-state index in [1.807, 2.05) is 13.8 Å². The molecule has 1 saturated heterocycles. The monoisotopic (exact) mass is 897 g/mol. The summed E-state index contributed by atoms with van der Waals surface area (Å²) >= 11 is 0.980. The molecule has 21 heteroatoms. The third-order valence-electron chi connectivity index (χ3n) is 8.63. The summed E-state index contributed by atoms with van der Waals surface area (Å²) in [5.41, 5.74) is -3.30. The number of unbranched alkanes of at least 4 members (excludes halogenated alkanes) is 2. The number of ether oxygens (including phenoxy) is 3. The maximum atomic E-state index is 13.8. The van der Waals surface area contributed by atoms with Crippen molar-refractivity contribution in [1.29, 1.82) is 0 Å². The molecule has 0 radical (unpaired) electrons. The standard InChI is InChI=1S/C42H59N9O11S/c1-11-13-17-58-30-23-51(59-18-14-12-2)26(19-29(30)52)21-45-34(53)25-15-16-31(43-20-25)44-22-27-32(35(54)46-27)48-36(55)33(50-62-42(9,10)37(56)60-40(3,4)5)28-24-63-38(47-28)49-39(57)61-41(6,7)8/h15-16,19-20,23-24,27,32H,11-14,17-18,21-22H2,1-10H3,(H,43,44)(H,45,53)(H,46,54)(H,48,55)(H,47,49,57)/b50-33-/t27-,32+/m1/s1. The van der Waals surface area contributed by atoms with Gasteiger partial charge in [-0.3, -0.25) is 24.5 Å². The van der Waals surface area contributed by atoms with Gasteiger partial charge in [-0.05, 0) is 80.4 Å². The van der Waals surface area contributed by atoms with Crippen LogP contribution in [0.4, 0.5) is 15.7 Å². The fourth-order valence-corrected chi connectivity index (χ4v) is 5.95. The highest BCUT2D eigenvalue weighted by molar-refractivity contribution is 7.14. The number of hydrogen-bond acceptors (Lipinski definition) is 16. The van der Waals surface area contributed by atoms with Gasteiger partial charge in [0.1, 0.15) is 35.4 Å². The van der Waals surface area contributed by atoms with Gasteiger partial charge in [-0.2, -0.15) is 4.73 Å². The number of nitrogens with zero attached hydrogens (tertiary/aromatic N) is 4. The molecule has 63 heavy (non-hydrogen) atoms. The average Bonchev–Trinajstić information content (AvgIpc) is 3.65. The SMILES string of the molecule is CCCCOc1cn(OCCCC)c(CNC(=O)c2ccc(NC[C@H]3NC(=O)[C@H]3NC(=O)/C(=N\OC(C)(C)C(=O)OC(C)(C)C)c3csc(NC(=O)OC(C)(C)C)n3)nc2)cc1=O. The van der Waals surface area contributed by atoms with E-state index >= 15 is 0 Å². The summed E-state index contributed by atoms with van der Waals surface area (Å²) in [5.74, 6) is -1.98. The van der Waals surface area contributed by atoms with Gasteiger partial charge in [-0.1, -0.05) is 31.8 Å². The lowest BCUT2D eigenvalue weighted by Crippen LogP contribution is -2.71. The minimum atomic E-state index is -1.64. The molecule has 0 bridgehead atoms. The Morgan fingerprint density at radius 3 is 2.29 bits per heavy atom. The number of hydrogen-bond donors (Lipinski definition) is 5. The molecule has 2 atom stereocenters. The minimum absolute atomic E-state index is 0.00339. The molecule has 4 heterocycles. The van der Waals surface area contributed by atoms with Crippen molar-refractivity contribution in [3.05, 3.63) is 63.1 Å². The van der Waals surface area contributed by atoms with Crippen molar-refractivity contribution >= 4 is 57.8 Å². The third-order valence-corrected chi connectivity index (χ3v) is 9.38. The lowest BCUT2D eigenvalue weighted by atomic mass is 9.98. The van der Waals surface area contributed by atoms with Crippen LogP contribution in [-0.4, -0.2) is 98.8 Å². The van der Waals surface area contributed by atoms with E-state index in [4.69, 9.17) is 23.9 Å². The Morgan fingerprint density at radius 1 is 0.952 bits per heavy atom. The summed E-state index contributed by atoms with van der Waals surface area (Å²) in [6, 6.07) is 2.88. The first-order valence-corrected chi connectivity index (χ1v) is 21.5. The number of anilines is 2. The smallest absolute Gasteiger partial charge is 0.413 e. The van der Waals surface area contributed by atoms with Crippen LogP contribution in [-0.2, 0) is 35.2 Å². The molecule has 4 rings (SSSR count). The Morgan fingerprint density at radius 2 is 1.65 bits per heavy atom. The number of β-lactam (4-membered cyclic amide) rings is 1. The van der Waals surface area contributed by atoms with Gasteiger partial charge in [-0.15, -0.1) is 11.3 Å². The lowest BCUT2D eigenvalue weighted by molar-refractivity contribution is -0.179. The highest BCUT2D eigenvalue weighted by Gasteiger charge is 2.42. The Bertz CT molecular complexity index is 2170. The molecular weight excluding hydrogens is 839 g/mol. The van der Waals surface area contributed by atoms with E-state index in [2.05, 4.69) is 41.7 Å². The fraction of sp³-hybridized carbons (Fsp3) is 0.548. The van der Waals surface area contributed by atoms with E-state index in [1.165, 1.54) is 42.4 Å². The number of rotatable bonds is 21. The molecule has 20 nitrogen and oxygen atoms in total. The van der Waals surface area contributed by atoms with Gasteiger partial charge in [0.2, 0.25) is 16.9 Å². The van der Waals surface area contributed by atoms with E-state index in [-0.39, 0.29) is 46.4 Å². The molecule has 0 aromatic carbocycles. The average molecular weight is 898 g/mol. The molecule has 0 aliphatic carbocycles. The molecule has 1 aliphatic heterocycles. The van der Waals surface area contributed by atoms with Gasteiger partial charge < -0.3 is 45.2 Å². The van der Waals surface area contributed by atoms with Gasteiger partial charge in [0.25, 0.3) is 11.8 Å². The van der Waals surface area contributed by atoms with Crippen LogP contribution in [0.5, 0.6) is 5.75 Å². The number of carbonyl (C=O) groups excluding carboxylic acids is 5. The second-order valence-corrected chi connectivity index (χ2v) is 17.8. The van der Waals surface area contributed by atoms with Crippen molar-refractivity contribution in [2.75, 3.05) is 30.4 Å². The predicted octanol–water partition coefficient (Wildman–Crippen LogP) is 4.32. The van der Waals surface area contributed by atoms with Crippen LogP contribution in [0, 0.1) is 0 Å². The van der Waals surface area contributed by atoms with E-state index in [0.29, 0.717) is 24.7 Å². The summed E-state index contributed by atoms with van der Waals surface area (Å²) in [5, 5.41) is 19.3. The van der Waals surface area contributed by atoms with Crippen molar-refractivity contribution in [2.24, 2.45) is 5.16 Å². The Hall–Kier alpha value is -6.25. The molecule has 1 aliphatic rings. The molecule has 344 valence electrons. The maximum Gasteiger partial charge on any atom is 0.413 e. The Balaban J connectivity index is 1.41. The number of oxime groups is 1. The highest BCUT2D eigenvalue weighted by Crippen LogP contribution is 2.22. The van der Waals surface area contributed by atoms with Gasteiger partial charge in [0.15, 0.2) is 16.6 Å². The summed E-state index contributed by atoms with van der Waals surface area (Å²) in [4.78, 5) is 97.7. The number of esters is 1. The first-order valence-electron chi connectivity index (χ1n) is 20.7. The summed E-state index contributed by atoms with van der Waals surface area (Å²) in [7, 11) is 0. The fourth-order valence-electron chi connectivity index (χ4n) is 5.27. The van der Waals surface area contributed by atoms with Gasteiger partial charge in [0.05, 0.1) is 36.6 Å². The van der Waals surface area contributed by atoms with E-state index in [1.54, 1.807) is 53.7 Å². The first kappa shape index (κ1) is 49.4. The first-order chi connectivity index (χ1) is 29.6. The summed E-state index contributed by atoms with van der Waals surface area (Å²) < 4.78 is 17.8. The molecule has 3 aromatic heterocycles. The van der Waals surface area contributed by atoms with Crippen molar-refractivity contribution in [3.63, 3.8) is 0 Å². The lowest BCUT2D eigenvalue weighted by Gasteiger charge is -2.37. The van der Waals surface area contributed by atoms with Crippen LogP contribution in [0.2, 0.25) is 0 Å². The normalized spacial score (nSPS) is 15.3. The molecule has 3 aromatic rings. The molecule has 1 fully saturated rings. The topological polar surface area (TPSA) is 252 Å². The zero-order chi connectivity index (χ0) is 46.5. The molecule has 0 unspecified atom stereocenters. The van der Waals surface area contributed by atoms with Crippen LogP contribution in [0.15, 0.2) is 45.9 Å². The van der Waals surface area contributed by atoms with E-state index in [9.17, 15) is 28.8 Å². The number of nitrogens with one attached hydrogen (secondary N) is 5. The Labute approximate surface area is 370 Å². The van der Waals surface area contributed by atoms with E-state index < -0.39 is 58.7 Å². The molecule has 0 spiro atoms. The van der Waals surface area contributed by atoms with Crippen molar-refractivity contribution in [2.45, 2.75) is 130 Å². The molecular formula is C42H59N9O11S. The molecule has 4 amide bonds. The zero-order valence-electron chi connectivity index (χ0n) is 37.5. The Kier molecular flexibility index (Phi) is 17.0. The predicted molar refractivity (Wildman–Crippen MR) is 235 cm³/mol. The second kappa shape index (κ2) is 21.7. The van der Waals surface area contributed by atoms with Crippen LogP contribution >= 0.6 is 11.3 Å². The minimum Gasteiger partial charge on any atom is -0.488 e. The quantitative estimate of drug-likeness (QED) is 0.0329. The number of thiazole rings is 1. The summed E-state index contributed by atoms with van der Waals surface area (Å²) in [6.45, 7) is 18.0. The van der Waals surface area contributed by atoms with Crippen molar-refractivity contribution in [1.82, 2.24) is 30.6 Å². The van der Waals surface area contributed by atoms with Gasteiger partial charge in [0, 0.05) is 24.2 Å². The van der Waals surface area contributed by atoms with Crippen molar-refractivity contribution < 1.29 is 47.9 Å². The maximum absolute atomic E-state index is 13.8. The number of pyridine rings is 2. The van der Waals surface area contributed by atoms with Crippen LogP contribution in [0.25, 0.3) is 0 Å². The van der Waals surface area contributed by atoms with Crippen LogP contribution in [0.1, 0.15) is 117 Å². The van der Waals surface area contributed by atoms with Crippen molar-refractivity contribution in [3.8, 4) is 5.75 Å². The number of carbonyl (C=O) groups is 5. The van der Waals surface area contributed by atoms with E-state index in [0.717, 1.165) is 37.0 Å².